The van der Waals surface area contributed by atoms with E-state index in [0.29, 0.717) is 6.54 Å². The summed E-state index contributed by atoms with van der Waals surface area (Å²) in [7, 11) is 9.97. The third kappa shape index (κ3) is 18.5. The molecule has 1 fully saturated rings. The van der Waals surface area contributed by atoms with Crippen molar-refractivity contribution < 1.29 is 19.1 Å². The molecule has 7 nitrogen and oxygen atoms in total. The highest BCUT2D eigenvalue weighted by Crippen LogP contribution is 2.31. The number of nitrogens with two attached hydrogens (primary N) is 1. The zero-order valence-electron chi connectivity index (χ0n) is 17.3. The Hall–Kier alpha value is -1.80. The molecule has 0 aliphatic heterocycles. The molecular weight excluding hydrogens is 334 g/mol. The van der Waals surface area contributed by atoms with E-state index in [1.54, 1.807) is 28.4 Å². The molecule has 2 rings (SSSR count). The van der Waals surface area contributed by atoms with Gasteiger partial charge in [-0.15, -0.1) is 0 Å². The van der Waals surface area contributed by atoms with Crippen LogP contribution in [0.1, 0.15) is 18.4 Å². The van der Waals surface area contributed by atoms with Gasteiger partial charge in [0.1, 0.15) is 18.3 Å². The lowest BCUT2D eigenvalue weighted by atomic mass is 10.2. The number of likely N-dealkylation sites (N-methyl/N-ethyl adjacent to an activating group) is 2. The average Bonchev–Trinajstić information content (AvgIpc) is 3.47. The maximum absolute atomic E-state index is 10.1. The molecule has 0 heterocycles. The van der Waals surface area contributed by atoms with Crippen molar-refractivity contribution in [2.45, 2.75) is 25.3 Å². The van der Waals surface area contributed by atoms with E-state index in [1.165, 1.54) is 12.6 Å². The molecule has 1 saturated carbocycles. The van der Waals surface area contributed by atoms with Crippen molar-refractivity contribution in [2.24, 2.45) is 5.73 Å². The van der Waals surface area contributed by atoms with E-state index in [9.17, 15) is 9.59 Å². The molecule has 1 aromatic rings. The van der Waals surface area contributed by atoms with E-state index in [1.807, 2.05) is 31.3 Å². The monoisotopic (exact) mass is 371 g/mol. The first kappa shape index (κ1) is 29.0. The van der Waals surface area contributed by atoms with Crippen molar-refractivity contribution in [3.05, 3.63) is 29.8 Å². The molecule has 0 bridgehead atoms. The first-order valence-electron chi connectivity index (χ1n) is 8.31. The lowest BCUT2D eigenvalue weighted by molar-refractivity contribution is -0.110. The Labute approximate surface area is 158 Å². The van der Waals surface area contributed by atoms with Crippen LogP contribution in [-0.4, -0.2) is 67.1 Å². The predicted molar refractivity (Wildman–Crippen MR) is 108 cm³/mol. The SMILES string of the molecule is CN.CNC1(C=O)CC1.CNCC=O.COC.COc1ccc(C)cc1. The molecule has 4 N–H and O–H groups in total. The number of hydrogen-bond acceptors (Lipinski definition) is 7. The van der Waals surface area contributed by atoms with Crippen LogP contribution in [0.4, 0.5) is 0 Å². The van der Waals surface area contributed by atoms with Crippen LogP contribution in [0, 0.1) is 6.92 Å². The van der Waals surface area contributed by atoms with E-state index >= 15 is 0 Å². The number of methoxy groups -OCH3 is 2. The van der Waals surface area contributed by atoms with Gasteiger partial charge in [-0.3, -0.25) is 0 Å². The number of carbonyl (C=O) groups is 2. The first-order chi connectivity index (χ1) is 12.5. The summed E-state index contributed by atoms with van der Waals surface area (Å²) < 4.78 is 9.22. The van der Waals surface area contributed by atoms with Crippen molar-refractivity contribution >= 4 is 12.6 Å². The second kappa shape index (κ2) is 21.2. The number of rotatable bonds is 5. The van der Waals surface area contributed by atoms with E-state index in [4.69, 9.17) is 4.74 Å². The third-order valence-electron chi connectivity index (χ3n) is 3.06. The molecule has 1 aromatic carbocycles. The third-order valence-corrected chi connectivity index (χ3v) is 3.06. The number of benzene rings is 1. The molecule has 0 saturated heterocycles. The van der Waals surface area contributed by atoms with Crippen LogP contribution in [0.2, 0.25) is 0 Å². The van der Waals surface area contributed by atoms with Gasteiger partial charge in [0.05, 0.1) is 19.2 Å². The lowest BCUT2D eigenvalue weighted by Crippen LogP contribution is -2.28. The highest BCUT2D eigenvalue weighted by atomic mass is 16.5. The Balaban J connectivity index is -0.000000280. The Morgan fingerprint density at radius 1 is 1.08 bits per heavy atom. The van der Waals surface area contributed by atoms with Gasteiger partial charge >= 0.3 is 0 Å². The number of carbonyl (C=O) groups excluding carboxylic acids is 2. The van der Waals surface area contributed by atoms with Crippen LogP contribution in [0.25, 0.3) is 0 Å². The summed E-state index contributed by atoms with van der Waals surface area (Å²) in [5.41, 5.74) is 5.66. The number of ether oxygens (including phenoxy) is 2. The number of nitrogens with one attached hydrogen (secondary N) is 2. The van der Waals surface area contributed by atoms with Crippen molar-refractivity contribution in [3.8, 4) is 5.75 Å². The van der Waals surface area contributed by atoms with Crippen LogP contribution in [-0.2, 0) is 14.3 Å². The van der Waals surface area contributed by atoms with Gasteiger partial charge in [0.2, 0.25) is 0 Å². The Kier molecular flexibility index (Phi) is 23.7. The van der Waals surface area contributed by atoms with E-state index in [-0.39, 0.29) is 5.54 Å². The maximum atomic E-state index is 10.1. The molecule has 26 heavy (non-hydrogen) atoms. The predicted octanol–water partition coefficient (Wildman–Crippen LogP) is 1.18. The smallest absolute Gasteiger partial charge is 0.140 e. The molecular formula is C19H37N3O4. The van der Waals surface area contributed by atoms with E-state index in [0.717, 1.165) is 31.2 Å². The van der Waals surface area contributed by atoms with Crippen LogP contribution in [0.15, 0.2) is 24.3 Å². The zero-order valence-corrected chi connectivity index (χ0v) is 17.3. The Morgan fingerprint density at radius 3 is 1.69 bits per heavy atom. The zero-order chi connectivity index (χ0) is 20.8. The largest absolute Gasteiger partial charge is 0.497 e. The molecule has 0 amide bonds. The molecule has 0 aromatic heterocycles. The Bertz CT molecular complexity index is 421. The summed E-state index contributed by atoms with van der Waals surface area (Å²) in [6, 6.07) is 7.96. The minimum Gasteiger partial charge on any atom is -0.497 e. The van der Waals surface area contributed by atoms with Gasteiger partial charge in [-0.1, -0.05) is 17.7 Å². The van der Waals surface area contributed by atoms with E-state index < -0.39 is 0 Å². The molecule has 7 heteroatoms. The summed E-state index contributed by atoms with van der Waals surface area (Å²) in [5.74, 6) is 0.917. The second-order valence-electron chi connectivity index (χ2n) is 5.17. The number of aldehydes is 2. The normalized spacial score (nSPS) is 12.0. The average molecular weight is 372 g/mol. The topological polar surface area (TPSA) is 103 Å². The van der Waals surface area contributed by atoms with E-state index in [2.05, 4.69) is 28.0 Å². The van der Waals surface area contributed by atoms with Gasteiger partial charge in [-0.05, 0) is 53.0 Å². The van der Waals surface area contributed by atoms with Crippen LogP contribution < -0.4 is 21.1 Å². The fraction of sp³-hybridized carbons (Fsp3) is 0.579. The summed E-state index contributed by atoms with van der Waals surface area (Å²) in [6.07, 6.45) is 3.85. The van der Waals surface area contributed by atoms with Gasteiger partial charge < -0.3 is 35.4 Å². The van der Waals surface area contributed by atoms with Gasteiger partial charge in [0, 0.05) is 14.2 Å². The second-order valence-corrected chi connectivity index (χ2v) is 5.17. The summed E-state index contributed by atoms with van der Waals surface area (Å²) in [4.78, 5) is 19.4. The van der Waals surface area contributed by atoms with Gasteiger partial charge in [0.25, 0.3) is 0 Å². The van der Waals surface area contributed by atoms with Gasteiger partial charge in [0.15, 0.2) is 0 Å². The quantitative estimate of drug-likeness (QED) is 0.668. The lowest BCUT2D eigenvalue weighted by Gasteiger charge is -1.99. The van der Waals surface area contributed by atoms with Crippen LogP contribution >= 0.6 is 0 Å². The standard InChI is InChI=1S/C8H10O.C5H9NO.C3H7NO.C2H6O.CH5N/c1-7-3-5-8(9-2)6-4-7;1-6-5(4-7)2-3-5;1-4-2-3-5;1-3-2;1-2/h3-6H,1-2H3;4,6H,2-3H2,1H3;3-4H,2H2,1H3;1-2H3;2H2,1H3. The van der Waals surface area contributed by atoms with Crippen molar-refractivity contribution in [1.29, 1.82) is 0 Å². The summed E-state index contributed by atoms with van der Waals surface area (Å²) >= 11 is 0. The molecule has 0 radical (unpaired) electrons. The molecule has 152 valence electrons. The van der Waals surface area contributed by atoms with Crippen LogP contribution in [0.5, 0.6) is 5.75 Å². The van der Waals surface area contributed by atoms with Gasteiger partial charge in [-0.25, -0.2) is 0 Å². The molecule has 0 atom stereocenters. The summed E-state index contributed by atoms with van der Waals surface area (Å²) in [6.45, 7) is 2.51. The highest BCUT2D eigenvalue weighted by Gasteiger charge is 2.40. The number of hydrogen-bond donors (Lipinski definition) is 3. The van der Waals surface area contributed by atoms with Crippen molar-refractivity contribution in [3.63, 3.8) is 0 Å². The molecule has 1 aliphatic rings. The van der Waals surface area contributed by atoms with Crippen LogP contribution in [0.3, 0.4) is 0 Å². The minimum atomic E-state index is -0.0972. The fourth-order valence-corrected chi connectivity index (χ4v) is 1.32. The minimum absolute atomic E-state index is 0.0972. The summed E-state index contributed by atoms with van der Waals surface area (Å²) in [5, 5.41) is 5.58. The molecule has 1 aliphatic carbocycles. The van der Waals surface area contributed by atoms with Crippen molar-refractivity contribution in [2.75, 3.05) is 49.0 Å². The maximum Gasteiger partial charge on any atom is 0.140 e. The first-order valence-corrected chi connectivity index (χ1v) is 8.31. The highest BCUT2D eigenvalue weighted by molar-refractivity contribution is 5.68. The molecule has 0 unspecified atom stereocenters. The Morgan fingerprint density at radius 2 is 1.54 bits per heavy atom. The van der Waals surface area contributed by atoms with Gasteiger partial charge in [-0.2, -0.15) is 0 Å². The number of aryl methyl sites for hydroxylation is 1. The fourth-order valence-electron chi connectivity index (χ4n) is 1.32. The van der Waals surface area contributed by atoms with Crippen molar-refractivity contribution in [1.82, 2.24) is 10.6 Å². The molecule has 0 spiro atoms.